The summed E-state index contributed by atoms with van der Waals surface area (Å²) in [6, 6.07) is 14.6. The maximum atomic E-state index is 14.5. The third kappa shape index (κ3) is 2.34. The third-order valence-corrected chi connectivity index (χ3v) is 5.33. The Morgan fingerprint density at radius 2 is 1.42 bits per heavy atom. The van der Waals surface area contributed by atoms with Crippen LogP contribution in [0.3, 0.4) is 0 Å². The third-order valence-electron chi connectivity index (χ3n) is 2.84. The van der Waals surface area contributed by atoms with Crippen molar-refractivity contribution in [1.82, 2.24) is 0 Å². The lowest BCUT2D eigenvalue weighted by Gasteiger charge is -2.26. The van der Waals surface area contributed by atoms with Gasteiger partial charge in [0.2, 0.25) is 0 Å². The van der Waals surface area contributed by atoms with Gasteiger partial charge in [-0.1, -0.05) is 48.5 Å². The predicted octanol–water partition coefficient (Wildman–Crippen LogP) is 3.99. The van der Waals surface area contributed by atoms with Gasteiger partial charge in [-0.3, -0.25) is 4.57 Å². The summed E-state index contributed by atoms with van der Waals surface area (Å²) in [6.07, 6.45) is 0. The number of benzene rings is 2. The maximum Gasteiger partial charge on any atom is 0.350 e. The largest absolute Gasteiger partial charge is 0.350 e. The Hall–Kier alpha value is -1.51. The second kappa shape index (κ2) is 5.24. The van der Waals surface area contributed by atoms with Crippen molar-refractivity contribution in [3.05, 3.63) is 66.2 Å². The molecule has 2 nitrogen and oxygen atoms in total. The van der Waals surface area contributed by atoms with Crippen LogP contribution in [0.2, 0.25) is 0 Å². The maximum absolute atomic E-state index is 14.5. The van der Waals surface area contributed by atoms with Gasteiger partial charge >= 0.3 is 13.0 Å². The van der Waals surface area contributed by atoms with Crippen molar-refractivity contribution in [3.63, 3.8) is 0 Å². The highest BCUT2D eigenvalue weighted by Crippen LogP contribution is 2.64. The van der Waals surface area contributed by atoms with Gasteiger partial charge in [-0.15, -0.1) is 0 Å². The Balaban J connectivity index is 2.56. The molecule has 0 aliphatic rings. The molecule has 1 atom stereocenters. The summed E-state index contributed by atoms with van der Waals surface area (Å²) in [5.74, 6) is 0. The number of rotatable bonds is 4. The molecule has 100 valence electrons. The molecule has 0 spiro atoms. The summed E-state index contributed by atoms with van der Waals surface area (Å²) in [4.78, 5) is 0. The summed E-state index contributed by atoms with van der Waals surface area (Å²) in [5.41, 5.74) is -3.88. The fraction of sp³-hybridized carbons (Fsp3) is 0.143. The molecule has 2 aromatic rings. The molecule has 0 aliphatic heterocycles. The van der Waals surface area contributed by atoms with Gasteiger partial charge in [0.25, 0.3) is 0 Å². The van der Waals surface area contributed by atoms with Crippen LogP contribution in [-0.4, -0.2) is 7.11 Å². The Labute approximate surface area is 110 Å². The molecule has 2 aromatic carbocycles. The molecular formula is C14H13F2O2P. The first-order valence-corrected chi connectivity index (χ1v) is 7.29. The lowest BCUT2D eigenvalue weighted by Crippen LogP contribution is -2.23. The van der Waals surface area contributed by atoms with Gasteiger partial charge in [0.1, 0.15) is 0 Å². The van der Waals surface area contributed by atoms with Crippen molar-refractivity contribution in [2.24, 2.45) is 0 Å². The summed E-state index contributed by atoms with van der Waals surface area (Å²) in [6.45, 7) is 0. The van der Waals surface area contributed by atoms with Crippen molar-refractivity contribution in [3.8, 4) is 0 Å². The van der Waals surface area contributed by atoms with Crippen LogP contribution in [0.4, 0.5) is 8.78 Å². The summed E-state index contributed by atoms with van der Waals surface area (Å²) in [5, 5.41) is 0.00588. The predicted molar refractivity (Wildman–Crippen MR) is 71.0 cm³/mol. The van der Waals surface area contributed by atoms with Gasteiger partial charge in [0, 0.05) is 18.0 Å². The molecule has 0 saturated heterocycles. The van der Waals surface area contributed by atoms with E-state index in [1.807, 2.05) is 0 Å². The van der Waals surface area contributed by atoms with Crippen LogP contribution in [0, 0.1) is 0 Å². The van der Waals surface area contributed by atoms with Crippen LogP contribution < -0.4 is 5.30 Å². The number of hydrogen-bond acceptors (Lipinski definition) is 2. The first-order chi connectivity index (χ1) is 9.02. The Morgan fingerprint density at radius 3 is 1.89 bits per heavy atom. The molecule has 1 unspecified atom stereocenters. The van der Waals surface area contributed by atoms with Crippen molar-refractivity contribution < 1.29 is 17.9 Å². The second-order valence-electron chi connectivity index (χ2n) is 3.98. The standard InChI is InChI=1S/C14H13F2O2P/c1-18-19(17,13-10-6-3-7-11-13)14(15,16)12-8-4-2-5-9-12/h2-11H,1H3. The molecule has 0 fully saturated rings. The van der Waals surface area contributed by atoms with E-state index in [1.54, 1.807) is 24.3 Å². The van der Waals surface area contributed by atoms with Crippen LogP contribution in [0.1, 0.15) is 5.56 Å². The van der Waals surface area contributed by atoms with Crippen LogP contribution in [-0.2, 0) is 14.8 Å². The zero-order valence-electron chi connectivity index (χ0n) is 10.3. The van der Waals surface area contributed by atoms with E-state index in [1.165, 1.54) is 36.4 Å². The Bertz CT molecular complexity index is 585. The molecule has 0 amide bonds. The molecule has 2 rings (SSSR count). The normalized spacial score (nSPS) is 14.9. The van der Waals surface area contributed by atoms with Gasteiger partial charge in [-0.05, 0) is 12.1 Å². The zero-order chi connectivity index (χ0) is 13.9. The summed E-state index contributed by atoms with van der Waals surface area (Å²) < 4.78 is 46.4. The van der Waals surface area contributed by atoms with Gasteiger partial charge in [-0.2, -0.15) is 8.78 Å². The quantitative estimate of drug-likeness (QED) is 0.793. The Kier molecular flexibility index (Phi) is 3.83. The van der Waals surface area contributed by atoms with Crippen molar-refractivity contribution in [1.29, 1.82) is 0 Å². The minimum atomic E-state index is -4.31. The van der Waals surface area contributed by atoms with Crippen LogP contribution in [0.25, 0.3) is 0 Å². The number of halogens is 2. The highest BCUT2D eigenvalue weighted by molar-refractivity contribution is 7.67. The minimum Gasteiger partial charge on any atom is -0.324 e. The molecule has 0 saturated carbocycles. The lowest BCUT2D eigenvalue weighted by atomic mass is 10.2. The van der Waals surface area contributed by atoms with E-state index in [9.17, 15) is 13.3 Å². The van der Waals surface area contributed by atoms with Crippen molar-refractivity contribution >= 4 is 12.7 Å². The van der Waals surface area contributed by atoms with Crippen LogP contribution in [0.15, 0.2) is 60.7 Å². The van der Waals surface area contributed by atoms with Gasteiger partial charge < -0.3 is 4.52 Å². The molecule has 0 radical (unpaired) electrons. The van der Waals surface area contributed by atoms with Gasteiger partial charge in [-0.25, -0.2) is 0 Å². The first kappa shape index (κ1) is 13.9. The molecule has 0 aromatic heterocycles. The van der Waals surface area contributed by atoms with E-state index < -0.39 is 13.0 Å². The smallest absolute Gasteiger partial charge is 0.324 e. The lowest BCUT2D eigenvalue weighted by molar-refractivity contribution is 0.0733. The van der Waals surface area contributed by atoms with Crippen molar-refractivity contribution in [2.75, 3.05) is 7.11 Å². The SMILES string of the molecule is COP(=O)(c1ccccc1)C(F)(F)c1ccccc1. The highest BCUT2D eigenvalue weighted by Gasteiger charge is 2.53. The average Bonchev–Trinajstić information content (AvgIpc) is 2.48. The molecule has 0 heterocycles. The van der Waals surface area contributed by atoms with E-state index in [0.29, 0.717) is 0 Å². The highest BCUT2D eigenvalue weighted by atomic mass is 31.2. The fourth-order valence-electron chi connectivity index (χ4n) is 1.82. The van der Waals surface area contributed by atoms with E-state index >= 15 is 0 Å². The van der Waals surface area contributed by atoms with Crippen LogP contribution >= 0.6 is 7.37 Å². The van der Waals surface area contributed by atoms with E-state index in [0.717, 1.165) is 7.11 Å². The molecule has 0 bridgehead atoms. The molecule has 5 heteroatoms. The first-order valence-electron chi connectivity index (χ1n) is 5.67. The van der Waals surface area contributed by atoms with Gasteiger partial charge in [0.05, 0.1) is 0 Å². The average molecular weight is 282 g/mol. The molecular weight excluding hydrogens is 269 g/mol. The van der Waals surface area contributed by atoms with E-state index in [-0.39, 0.29) is 10.9 Å². The Morgan fingerprint density at radius 1 is 0.947 bits per heavy atom. The van der Waals surface area contributed by atoms with Crippen LogP contribution in [0.5, 0.6) is 0 Å². The minimum absolute atomic E-state index is 0.00588. The summed E-state index contributed by atoms with van der Waals surface area (Å²) in [7, 11) is -3.26. The molecule has 0 N–H and O–H groups in total. The number of alkyl halides is 2. The summed E-state index contributed by atoms with van der Waals surface area (Å²) >= 11 is 0. The second-order valence-corrected chi connectivity index (χ2v) is 6.52. The fourth-order valence-corrected chi connectivity index (χ4v) is 3.63. The zero-order valence-corrected chi connectivity index (χ0v) is 11.2. The van der Waals surface area contributed by atoms with Gasteiger partial charge in [0.15, 0.2) is 0 Å². The topological polar surface area (TPSA) is 26.3 Å². The monoisotopic (exact) mass is 282 g/mol. The van der Waals surface area contributed by atoms with E-state index in [2.05, 4.69) is 0 Å². The van der Waals surface area contributed by atoms with E-state index in [4.69, 9.17) is 4.52 Å². The molecule has 19 heavy (non-hydrogen) atoms. The number of hydrogen-bond donors (Lipinski definition) is 0. The van der Waals surface area contributed by atoms with Crippen molar-refractivity contribution in [2.45, 2.75) is 5.66 Å². The molecule has 0 aliphatic carbocycles.